The van der Waals surface area contributed by atoms with Crippen molar-refractivity contribution >= 4 is 33.8 Å². The number of nitrogens with zero attached hydrogens (tertiary/aromatic N) is 2. The molecule has 206 valence electrons. The van der Waals surface area contributed by atoms with Crippen molar-refractivity contribution in [2.45, 2.75) is 25.7 Å². The first kappa shape index (κ1) is 28.3. The Balaban J connectivity index is 1.47. The summed E-state index contributed by atoms with van der Waals surface area (Å²) in [5, 5.41) is 3.95. The molecule has 1 aromatic heterocycles. The van der Waals surface area contributed by atoms with Crippen LogP contribution in [-0.4, -0.2) is 39.7 Å². The normalized spacial score (nSPS) is 11.4. The van der Waals surface area contributed by atoms with E-state index >= 15 is 0 Å². The molecule has 1 N–H and O–H groups in total. The zero-order valence-corrected chi connectivity index (χ0v) is 23.1. The zero-order chi connectivity index (χ0) is 28.7. The lowest BCUT2D eigenvalue weighted by atomic mass is 10.1. The van der Waals surface area contributed by atoms with Crippen molar-refractivity contribution in [1.82, 2.24) is 5.43 Å². The lowest BCUT2D eigenvalue weighted by molar-refractivity contribution is -0.119. The Morgan fingerprint density at radius 1 is 0.975 bits per heavy atom. The second kappa shape index (κ2) is 12.4. The fourth-order valence-electron chi connectivity index (χ4n) is 3.90. The summed E-state index contributed by atoms with van der Waals surface area (Å²) in [6.07, 6.45) is 1.32. The van der Waals surface area contributed by atoms with Crippen molar-refractivity contribution in [1.29, 1.82) is 0 Å². The van der Waals surface area contributed by atoms with E-state index in [1.807, 2.05) is 19.1 Å². The number of hydrazone groups is 1. The minimum Gasteiger partial charge on any atom is -0.462 e. The number of furan rings is 1. The van der Waals surface area contributed by atoms with Gasteiger partial charge in [-0.3, -0.25) is 9.10 Å². The number of hydrogen-bond donors (Lipinski definition) is 1. The summed E-state index contributed by atoms with van der Waals surface area (Å²) in [5.74, 6) is -0.117. The predicted octanol–water partition coefficient (Wildman–Crippen LogP) is 5.09. The van der Waals surface area contributed by atoms with Crippen molar-refractivity contribution < 1.29 is 27.2 Å². The number of carbonyl (C=O) groups is 2. The van der Waals surface area contributed by atoms with Crippen LogP contribution in [0.5, 0.6) is 0 Å². The Kier molecular flexibility index (Phi) is 8.80. The molecule has 40 heavy (non-hydrogen) atoms. The Labute approximate surface area is 233 Å². The molecule has 0 bridgehead atoms. The molecular formula is C30H29N3O6S. The van der Waals surface area contributed by atoms with E-state index in [-0.39, 0.29) is 4.90 Å². The molecule has 1 heterocycles. The standard InChI is InChI=1S/C30H29N3O6S/c1-4-38-30(35)24-14-12-23(13-15-24)28-17-16-25(39-28)19-31-32-29(34)20-33(27-18-21(2)10-11-22(27)3)40(36,37)26-8-6-5-7-9-26/h5-19H,4,20H2,1-3H3,(H,32,34)/b31-19-. The Bertz CT molecular complexity index is 1630. The molecule has 9 nitrogen and oxygen atoms in total. The van der Waals surface area contributed by atoms with Crippen LogP contribution in [0.1, 0.15) is 34.2 Å². The van der Waals surface area contributed by atoms with Gasteiger partial charge in [0.05, 0.1) is 29.0 Å². The van der Waals surface area contributed by atoms with E-state index in [2.05, 4.69) is 10.5 Å². The summed E-state index contributed by atoms with van der Waals surface area (Å²) in [6, 6.07) is 23.6. The number of amides is 1. The van der Waals surface area contributed by atoms with Gasteiger partial charge in [0.15, 0.2) is 0 Å². The Morgan fingerprint density at radius 3 is 2.40 bits per heavy atom. The van der Waals surface area contributed by atoms with Crippen LogP contribution in [0.25, 0.3) is 11.3 Å². The highest BCUT2D eigenvalue weighted by Crippen LogP contribution is 2.28. The van der Waals surface area contributed by atoms with Crippen LogP contribution in [0.4, 0.5) is 5.69 Å². The van der Waals surface area contributed by atoms with Crippen LogP contribution in [0, 0.1) is 13.8 Å². The molecule has 1 amide bonds. The molecule has 0 fully saturated rings. The summed E-state index contributed by atoms with van der Waals surface area (Å²) in [7, 11) is -4.03. The number of sulfonamides is 1. The highest BCUT2D eigenvalue weighted by atomic mass is 32.2. The highest BCUT2D eigenvalue weighted by molar-refractivity contribution is 7.92. The summed E-state index contributed by atoms with van der Waals surface area (Å²) in [6.45, 7) is 5.21. The van der Waals surface area contributed by atoms with E-state index < -0.39 is 28.4 Å². The van der Waals surface area contributed by atoms with E-state index in [9.17, 15) is 18.0 Å². The minimum atomic E-state index is -4.03. The van der Waals surface area contributed by atoms with Gasteiger partial charge in [-0.1, -0.05) is 42.5 Å². The lowest BCUT2D eigenvalue weighted by Crippen LogP contribution is -2.40. The maximum Gasteiger partial charge on any atom is 0.338 e. The maximum absolute atomic E-state index is 13.5. The Hall–Kier alpha value is -4.70. The van der Waals surface area contributed by atoms with Gasteiger partial charge in [-0.05, 0) is 74.4 Å². The van der Waals surface area contributed by atoms with Gasteiger partial charge in [0, 0.05) is 5.56 Å². The first-order chi connectivity index (χ1) is 19.2. The molecule has 0 aliphatic carbocycles. The summed E-state index contributed by atoms with van der Waals surface area (Å²) >= 11 is 0. The van der Waals surface area contributed by atoms with Gasteiger partial charge in [0.2, 0.25) is 0 Å². The summed E-state index contributed by atoms with van der Waals surface area (Å²) < 4.78 is 38.9. The number of anilines is 1. The number of ether oxygens (including phenoxy) is 1. The molecule has 0 atom stereocenters. The summed E-state index contributed by atoms with van der Waals surface area (Å²) in [4.78, 5) is 24.8. The van der Waals surface area contributed by atoms with E-state index in [0.29, 0.717) is 34.9 Å². The number of rotatable bonds is 10. The third kappa shape index (κ3) is 6.65. The van der Waals surface area contributed by atoms with Gasteiger partial charge < -0.3 is 9.15 Å². The fraction of sp³-hybridized carbons (Fsp3) is 0.167. The monoisotopic (exact) mass is 559 g/mol. The second-order valence-corrected chi connectivity index (χ2v) is 10.8. The van der Waals surface area contributed by atoms with E-state index in [1.54, 1.807) is 74.5 Å². The van der Waals surface area contributed by atoms with Crippen LogP contribution < -0.4 is 9.73 Å². The SMILES string of the molecule is CCOC(=O)c1ccc(-c2ccc(/C=N\NC(=O)CN(c3cc(C)ccc3C)S(=O)(=O)c3ccccc3)o2)cc1. The van der Waals surface area contributed by atoms with E-state index in [1.165, 1.54) is 18.3 Å². The van der Waals surface area contributed by atoms with Crippen molar-refractivity contribution in [3.05, 3.63) is 107 Å². The number of hydrogen-bond acceptors (Lipinski definition) is 7. The molecule has 0 saturated heterocycles. The average molecular weight is 560 g/mol. The van der Waals surface area contributed by atoms with Crippen molar-refractivity contribution in [2.75, 3.05) is 17.5 Å². The van der Waals surface area contributed by atoms with Crippen molar-refractivity contribution in [2.24, 2.45) is 5.10 Å². The number of benzene rings is 3. The van der Waals surface area contributed by atoms with Crippen molar-refractivity contribution in [3.8, 4) is 11.3 Å². The quantitative estimate of drug-likeness (QED) is 0.164. The zero-order valence-electron chi connectivity index (χ0n) is 22.3. The second-order valence-electron chi connectivity index (χ2n) is 8.91. The van der Waals surface area contributed by atoms with Gasteiger partial charge in [-0.25, -0.2) is 18.6 Å². The first-order valence-corrected chi connectivity index (χ1v) is 14.0. The first-order valence-electron chi connectivity index (χ1n) is 12.5. The third-order valence-electron chi connectivity index (χ3n) is 5.94. The minimum absolute atomic E-state index is 0.0746. The van der Waals surface area contributed by atoms with Crippen LogP contribution in [0.2, 0.25) is 0 Å². The van der Waals surface area contributed by atoms with Gasteiger partial charge in [0.25, 0.3) is 15.9 Å². The molecular weight excluding hydrogens is 530 g/mol. The molecule has 0 radical (unpaired) electrons. The number of esters is 1. The Morgan fingerprint density at radius 2 is 1.70 bits per heavy atom. The smallest absolute Gasteiger partial charge is 0.338 e. The molecule has 0 aliphatic rings. The molecule has 4 aromatic rings. The average Bonchev–Trinajstić information content (AvgIpc) is 3.43. The van der Waals surface area contributed by atoms with Gasteiger partial charge in [0.1, 0.15) is 18.1 Å². The molecule has 0 spiro atoms. The number of nitrogens with one attached hydrogen (secondary N) is 1. The summed E-state index contributed by atoms with van der Waals surface area (Å²) in [5.41, 5.74) is 5.54. The van der Waals surface area contributed by atoms with E-state index in [0.717, 1.165) is 15.4 Å². The van der Waals surface area contributed by atoms with Crippen molar-refractivity contribution in [3.63, 3.8) is 0 Å². The fourth-order valence-corrected chi connectivity index (χ4v) is 5.40. The predicted molar refractivity (Wildman–Crippen MR) is 153 cm³/mol. The van der Waals surface area contributed by atoms with Gasteiger partial charge in [-0.15, -0.1) is 0 Å². The molecule has 10 heteroatoms. The van der Waals surface area contributed by atoms with Gasteiger partial charge in [-0.2, -0.15) is 5.10 Å². The maximum atomic E-state index is 13.5. The molecule has 0 aliphatic heterocycles. The van der Waals surface area contributed by atoms with Crippen LogP contribution >= 0.6 is 0 Å². The molecule has 0 saturated carbocycles. The third-order valence-corrected chi connectivity index (χ3v) is 7.71. The molecule has 4 rings (SSSR count). The lowest BCUT2D eigenvalue weighted by Gasteiger charge is -2.25. The molecule has 3 aromatic carbocycles. The van der Waals surface area contributed by atoms with Gasteiger partial charge >= 0.3 is 5.97 Å². The number of carbonyl (C=O) groups excluding carboxylic acids is 2. The van der Waals surface area contributed by atoms with Crippen LogP contribution in [0.3, 0.4) is 0 Å². The van der Waals surface area contributed by atoms with Crippen LogP contribution in [-0.2, 0) is 19.6 Å². The largest absolute Gasteiger partial charge is 0.462 e. The topological polar surface area (TPSA) is 118 Å². The number of aryl methyl sites for hydroxylation is 2. The van der Waals surface area contributed by atoms with Crippen LogP contribution in [0.15, 0.2) is 99.3 Å². The van der Waals surface area contributed by atoms with E-state index in [4.69, 9.17) is 9.15 Å². The molecule has 0 unspecified atom stereocenters. The highest BCUT2D eigenvalue weighted by Gasteiger charge is 2.28.